The van der Waals surface area contributed by atoms with Crippen LogP contribution in [0.3, 0.4) is 0 Å². The van der Waals surface area contributed by atoms with Gasteiger partial charge in [-0.25, -0.2) is 9.97 Å². The quantitative estimate of drug-likeness (QED) is 0.727. The average Bonchev–Trinajstić information content (AvgIpc) is 2.95. The van der Waals surface area contributed by atoms with Crippen LogP contribution >= 0.6 is 0 Å². The van der Waals surface area contributed by atoms with Crippen LogP contribution in [0.1, 0.15) is 11.1 Å². The minimum absolute atomic E-state index is 0.949. The van der Waals surface area contributed by atoms with Crippen molar-refractivity contribution in [2.24, 2.45) is 7.05 Å². The van der Waals surface area contributed by atoms with Crippen molar-refractivity contribution in [1.82, 2.24) is 14.5 Å². The van der Waals surface area contributed by atoms with Gasteiger partial charge in [0.05, 0.1) is 0 Å². The lowest BCUT2D eigenvalue weighted by atomic mass is 10.1. The molecule has 124 valence electrons. The molecule has 5 nitrogen and oxygen atoms in total. The Morgan fingerprint density at radius 2 is 1.71 bits per heavy atom. The zero-order chi connectivity index (χ0) is 16.7. The van der Waals surface area contributed by atoms with Gasteiger partial charge in [0.2, 0.25) is 5.95 Å². The molecule has 0 aliphatic carbocycles. The smallest absolute Gasteiger partial charge is 0.207 e. The van der Waals surface area contributed by atoms with Crippen molar-refractivity contribution in [3.8, 4) is 0 Å². The molecule has 1 aromatic carbocycles. The topological polar surface area (TPSA) is 37.2 Å². The van der Waals surface area contributed by atoms with Gasteiger partial charge in [0.15, 0.2) is 5.65 Å². The summed E-state index contributed by atoms with van der Waals surface area (Å²) in [5, 5.41) is 0. The van der Waals surface area contributed by atoms with Crippen molar-refractivity contribution >= 4 is 22.8 Å². The average molecular weight is 321 g/mol. The number of aryl methyl sites for hydroxylation is 3. The number of nitrogens with zero attached hydrogens (tertiary/aromatic N) is 5. The van der Waals surface area contributed by atoms with Gasteiger partial charge in [-0.05, 0) is 43.2 Å². The standard InChI is InChI=1S/C19H23N5/c1-14-6-7-15(2)17(13-14)23-9-11-24(12-10-23)19-21-16-5-4-8-20-18(16)22(19)3/h4-8,13H,9-12H2,1-3H3. The molecule has 0 N–H and O–H groups in total. The summed E-state index contributed by atoms with van der Waals surface area (Å²) in [6.07, 6.45) is 1.83. The van der Waals surface area contributed by atoms with Gasteiger partial charge in [0.1, 0.15) is 5.52 Å². The van der Waals surface area contributed by atoms with Gasteiger partial charge >= 0.3 is 0 Å². The monoisotopic (exact) mass is 321 g/mol. The number of imidazole rings is 1. The lowest BCUT2D eigenvalue weighted by molar-refractivity contribution is 0.631. The Morgan fingerprint density at radius 1 is 0.958 bits per heavy atom. The van der Waals surface area contributed by atoms with Crippen molar-refractivity contribution in [3.05, 3.63) is 47.7 Å². The summed E-state index contributed by atoms with van der Waals surface area (Å²) in [7, 11) is 2.05. The first-order valence-corrected chi connectivity index (χ1v) is 8.48. The number of anilines is 2. The number of hydrogen-bond acceptors (Lipinski definition) is 4. The van der Waals surface area contributed by atoms with Gasteiger partial charge in [0, 0.05) is 45.1 Å². The zero-order valence-electron chi connectivity index (χ0n) is 14.5. The highest BCUT2D eigenvalue weighted by molar-refractivity contribution is 5.74. The molecule has 0 spiro atoms. The molecular weight excluding hydrogens is 298 g/mol. The summed E-state index contributed by atoms with van der Waals surface area (Å²) < 4.78 is 2.10. The van der Waals surface area contributed by atoms with E-state index in [2.05, 4.69) is 58.4 Å². The summed E-state index contributed by atoms with van der Waals surface area (Å²) in [5.74, 6) is 1.02. The Kier molecular flexibility index (Phi) is 3.63. The van der Waals surface area contributed by atoms with Gasteiger partial charge in [-0.1, -0.05) is 12.1 Å². The molecule has 0 amide bonds. The predicted octanol–water partition coefficient (Wildman–Crippen LogP) is 2.91. The minimum atomic E-state index is 0.949. The highest BCUT2D eigenvalue weighted by atomic mass is 15.4. The van der Waals surface area contributed by atoms with Crippen molar-refractivity contribution in [2.45, 2.75) is 13.8 Å². The predicted molar refractivity (Wildman–Crippen MR) is 98.9 cm³/mol. The van der Waals surface area contributed by atoms with Crippen LogP contribution in [0, 0.1) is 13.8 Å². The third-order valence-corrected chi connectivity index (χ3v) is 4.87. The van der Waals surface area contributed by atoms with Crippen molar-refractivity contribution in [3.63, 3.8) is 0 Å². The van der Waals surface area contributed by atoms with E-state index >= 15 is 0 Å². The van der Waals surface area contributed by atoms with Crippen LogP contribution in [0.2, 0.25) is 0 Å². The largest absolute Gasteiger partial charge is 0.368 e. The molecule has 1 aliphatic heterocycles. The first-order valence-electron chi connectivity index (χ1n) is 8.48. The maximum Gasteiger partial charge on any atom is 0.207 e. The molecule has 5 heteroatoms. The van der Waals surface area contributed by atoms with Crippen molar-refractivity contribution < 1.29 is 0 Å². The van der Waals surface area contributed by atoms with Crippen molar-refractivity contribution in [1.29, 1.82) is 0 Å². The molecule has 0 radical (unpaired) electrons. The Labute approximate surface area is 142 Å². The number of aromatic nitrogens is 3. The summed E-state index contributed by atoms with van der Waals surface area (Å²) >= 11 is 0. The van der Waals surface area contributed by atoms with Crippen LogP contribution in [0.5, 0.6) is 0 Å². The number of hydrogen-bond donors (Lipinski definition) is 0. The zero-order valence-corrected chi connectivity index (χ0v) is 14.5. The second-order valence-electron chi connectivity index (χ2n) is 6.58. The SMILES string of the molecule is Cc1ccc(C)c(N2CCN(c3nc4cccnc4n3C)CC2)c1. The van der Waals surface area contributed by atoms with Gasteiger partial charge in [-0.2, -0.15) is 0 Å². The van der Waals surface area contributed by atoms with Gasteiger partial charge in [-0.15, -0.1) is 0 Å². The molecule has 2 aromatic heterocycles. The normalized spacial score (nSPS) is 15.3. The molecule has 1 fully saturated rings. The van der Waals surface area contributed by atoms with E-state index in [-0.39, 0.29) is 0 Å². The van der Waals surface area contributed by atoms with E-state index in [1.54, 1.807) is 0 Å². The van der Waals surface area contributed by atoms with Gasteiger partial charge in [0.25, 0.3) is 0 Å². The highest BCUT2D eigenvalue weighted by Gasteiger charge is 2.22. The third kappa shape index (κ3) is 2.50. The van der Waals surface area contributed by atoms with Crippen LogP contribution in [0.4, 0.5) is 11.6 Å². The van der Waals surface area contributed by atoms with E-state index in [1.165, 1.54) is 16.8 Å². The second kappa shape index (κ2) is 5.82. The summed E-state index contributed by atoms with van der Waals surface area (Å²) in [6.45, 7) is 8.33. The first kappa shape index (κ1) is 15.0. The summed E-state index contributed by atoms with van der Waals surface area (Å²) in [5.41, 5.74) is 5.94. The van der Waals surface area contributed by atoms with E-state index in [1.807, 2.05) is 18.3 Å². The Bertz CT molecular complexity index is 875. The van der Waals surface area contributed by atoms with Crippen LogP contribution in [-0.4, -0.2) is 40.7 Å². The Balaban J connectivity index is 1.55. The number of rotatable bonds is 2. The first-order chi connectivity index (χ1) is 11.6. The van der Waals surface area contributed by atoms with E-state index in [0.717, 1.165) is 43.3 Å². The molecule has 0 atom stereocenters. The molecule has 1 aliphatic rings. The molecular formula is C19H23N5. The molecule has 3 aromatic rings. The second-order valence-corrected chi connectivity index (χ2v) is 6.58. The molecule has 0 saturated carbocycles. The molecule has 1 saturated heterocycles. The third-order valence-electron chi connectivity index (χ3n) is 4.87. The Hall–Kier alpha value is -2.56. The van der Waals surface area contributed by atoms with Crippen LogP contribution < -0.4 is 9.80 Å². The summed E-state index contributed by atoms with van der Waals surface area (Å²) in [4.78, 5) is 14.1. The van der Waals surface area contributed by atoms with Gasteiger partial charge < -0.3 is 9.80 Å². The Morgan fingerprint density at radius 3 is 2.46 bits per heavy atom. The fourth-order valence-corrected chi connectivity index (χ4v) is 3.50. The number of piperazine rings is 1. The van der Waals surface area contributed by atoms with Crippen molar-refractivity contribution in [2.75, 3.05) is 36.0 Å². The van der Waals surface area contributed by atoms with E-state index < -0.39 is 0 Å². The van der Waals surface area contributed by atoms with E-state index in [4.69, 9.17) is 4.98 Å². The molecule has 0 unspecified atom stereocenters. The molecule has 4 rings (SSSR count). The lowest BCUT2D eigenvalue weighted by Gasteiger charge is -2.37. The minimum Gasteiger partial charge on any atom is -0.368 e. The molecule has 3 heterocycles. The van der Waals surface area contributed by atoms with E-state index in [0.29, 0.717) is 0 Å². The lowest BCUT2D eigenvalue weighted by Crippen LogP contribution is -2.47. The maximum absolute atomic E-state index is 4.77. The maximum atomic E-state index is 4.77. The fourth-order valence-electron chi connectivity index (χ4n) is 3.50. The van der Waals surface area contributed by atoms with Crippen LogP contribution in [-0.2, 0) is 7.05 Å². The van der Waals surface area contributed by atoms with Crippen LogP contribution in [0.25, 0.3) is 11.2 Å². The van der Waals surface area contributed by atoms with Crippen LogP contribution in [0.15, 0.2) is 36.5 Å². The number of fused-ring (bicyclic) bond motifs is 1. The summed E-state index contributed by atoms with van der Waals surface area (Å²) in [6, 6.07) is 10.7. The van der Waals surface area contributed by atoms with Gasteiger partial charge in [-0.3, -0.25) is 4.57 Å². The molecule has 0 bridgehead atoms. The van der Waals surface area contributed by atoms with E-state index in [9.17, 15) is 0 Å². The number of pyridine rings is 1. The highest BCUT2D eigenvalue weighted by Crippen LogP contribution is 2.25. The molecule has 24 heavy (non-hydrogen) atoms. The fraction of sp³-hybridized carbons (Fsp3) is 0.368. The number of benzene rings is 1.